The zero-order valence-electron chi connectivity index (χ0n) is 14.7. The van der Waals surface area contributed by atoms with Crippen LogP contribution < -0.4 is 10.3 Å². The minimum atomic E-state index is -1.07. The van der Waals surface area contributed by atoms with E-state index >= 15 is 0 Å². The smallest absolute Gasteiger partial charge is 0.308 e. The lowest BCUT2D eigenvalue weighted by Gasteiger charge is -2.06. The van der Waals surface area contributed by atoms with E-state index in [9.17, 15) is 9.59 Å². The van der Waals surface area contributed by atoms with Crippen LogP contribution >= 0.6 is 0 Å². The molecule has 0 aliphatic rings. The monoisotopic (exact) mass is 362 g/mol. The molecule has 0 radical (unpaired) electrons. The van der Waals surface area contributed by atoms with Crippen LogP contribution in [0.25, 0.3) is 12.2 Å². The number of para-hydroxylation sites is 1. The van der Waals surface area contributed by atoms with Crippen molar-refractivity contribution in [3.8, 4) is 11.5 Å². The van der Waals surface area contributed by atoms with Crippen molar-refractivity contribution in [2.24, 2.45) is 0 Å². The van der Waals surface area contributed by atoms with Gasteiger partial charge in [0.25, 0.3) is 5.56 Å². The Morgan fingerprint density at radius 3 is 2.56 bits per heavy atom. The van der Waals surface area contributed by atoms with Crippen LogP contribution in [0.1, 0.15) is 22.6 Å². The highest BCUT2D eigenvalue weighted by Crippen LogP contribution is 2.22. The number of ether oxygens (including phenoxy) is 1. The van der Waals surface area contributed by atoms with Gasteiger partial charge >= 0.3 is 5.97 Å². The predicted octanol–water partition coefficient (Wildman–Crippen LogP) is 3.67. The number of nitrogens with one attached hydrogen (secondary N) is 1. The normalized spacial score (nSPS) is 10.9. The van der Waals surface area contributed by atoms with Gasteiger partial charge < -0.3 is 14.8 Å². The zero-order chi connectivity index (χ0) is 19.2. The molecule has 0 aliphatic heterocycles. The van der Waals surface area contributed by atoms with Crippen molar-refractivity contribution < 1.29 is 14.6 Å². The second-order valence-electron chi connectivity index (χ2n) is 5.91. The summed E-state index contributed by atoms with van der Waals surface area (Å²) >= 11 is 0. The van der Waals surface area contributed by atoms with Crippen molar-refractivity contribution in [2.45, 2.75) is 13.3 Å². The highest BCUT2D eigenvalue weighted by atomic mass is 16.5. The van der Waals surface area contributed by atoms with Gasteiger partial charge in [-0.1, -0.05) is 36.4 Å². The number of carboxylic acid groups (broad SMARTS) is 1. The second-order valence-corrected chi connectivity index (χ2v) is 5.91. The Balaban J connectivity index is 1.79. The van der Waals surface area contributed by atoms with E-state index in [1.165, 1.54) is 0 Å². The van der Waals surface area contributed by atoms with Crippen LogP contribution in [0.5, 0.6) is 11.5 Å². The maximum absolute atomic E-state index is 12.1. The third-order valence-corrected chi connectivity index (χ3v) is 3.84. The van der Waals surface area contributed by atoms with E-state index < -0.39 is 11.5 Å². The highest BCUT2D eigenvalue weighted by Gasteiger charge is 2.10. The molecule has 27 heavy (non-hydrogen) atoms. The molecule has 1 heterocycles. The quantitative estimate of drug-likeness (QED) is 0.698. The van der Waals surface area contributed by atoms with Crippen LogP contribution in [0.2, 0.25) is 0 Å². The van der Waals surface area contributed by atoms with Gasteiger partial charge in [-0.15, -0.1) is 0 Å². The first-order valence-corrected chi connectivity index (χ1v) is 8.34. The van der Waals surface area contributed by atoms with Crippen molar-refractivity contribution in [2.75, 3.05) is 0 Å². The molecule has 6 heteroatoms. The molecule has 2 N–H and O–H groups in total. The number of benzene rings is 2. The Kier molecular flexibility index (Phi) is 5.47. The van der Waals surface area contributed by atoms with Crippen molar-refractivity contribution in [3.63, 3.8) is 0 Å². The highest BCUT2D eigenvalue weighted by molar-refractivity contribution is 5.71. The summed E-state index contributed by atoms with van der Waals surface area (Å²) in [5.41, 5.74) is 1.00. The summed E-state index contributed by atoms with van der Waals surface area (Å²) in [7, 11) is 0. The largest absolute Gasteiger partial charge is 0.481 e. The van der Waals surface area contributed by atoms with Gasteiger partial charge in [0.15, 0.2) is 0 Å². The third kappa shape index (κ3) is 4.92. The van der Waals surface area contributed by atoms with Gasteiger partial charge in [0.2, 0.25) is 0 Å². The minimum Gasteiger partial charge on any atom is -0.481 e. The van der Waals surface area contributed by atoms with Gasteiger partial charge in [0, 0.05) is 11.3 Å². The summed E-state index contributed by atoms with van der Waals surface area (Å²) in [6.45, 7) is 1.62. The van der Waals surface area contributed by atoms with Crippen molar-refractivity contribution in [1.82, 2.24) is 9.97 Å². The minimum absolute atomic E-state index is 0.165. The standard InChI is InChI=1S/C21H18N2O4/c1-14-18(13-20(24)25)21(26)23-19(22-14)11-10-15-6-5-9-17(12-15)27-16-7-3-2-4-8-16/h2-12H,13H2,1H3,(H,24,25)(H,22,23,26). The Hall–Kier alpha value is -3.67. The second kappa shape index (κ2) is 8.14. The lowest BCUT2D eigenvalue weighted by molar-refractivity contribution is -0.136. The first kappa shape index (κ1) is 18.1. The number of hydrogen-bond donors (Lipinski definition) is 2. The topological polar surface area (TPSA) is 92.3 Å². The molecule has 0 unspecified atom stereocenters. The Labute approximate surface area is 155 Å². The molecule has 2 aromatic carbocycles. The van der Waals surface area contributed by atoms with E-state index in [-0.39, 0.29) is 12.0 Å². The first-order chi connectivity index (χ1) is 13.0. The number of hydrogen-bond acceptors (Lipinski definition) is 4. The molecule has 0 aliphatic carbocycles. The van der Waals surface area contributed by atoms with Gasteiger partial charge in [-0.25, -0.2) is 4.98 Å². The number of aromatic amines is 1. The lowest BCUT2D eigenvalue weighted by Crippen LogP contribution is -2.20. The predicted molar refractivity (Wildman–Crippen MR) is 103 cm³/mol. The number of aryl methyl sites for hydroxylation is 1. The number of rotatable bonds is 6. The summed E-state index contributed by atoms with van der Waals surface area (Å²) in [6.07, 6.45) is 3.12. The van der Waals surface area contributed by atoms with Crippen molar-refractivity contribution in [3.05, 3.63) is 87.6 Å². The molecule has 3 aromatic rings. The van der Waals surface area contributed by atoms with E-state index in [0.29, 0.717) is 17.3 Å². The average molecular weight is 362 g/mol. The molecular formula is C21H18N2O4. The molecule has 6 nitrogen and oxygen atoms in total. The summed E-state index contributed by atoms with van der Waals surface area (Å²) in [5, 5.41) is 8.86. The van der Waals surface area contributed by atoms with Gasteiger partial charge in [-0.2, -0.15) is 0 Å². The zero-order valence-corrected chi connectivity index (χ0v) is 14.7. The molecule has 0 bridgehead atoms. The van der Waals surface area contributed by atoms with Gasteiger partial charge in [-0.05, 0) is 42.8 Å². The summed E-state index contributed by atoms with van der Waals surface area (Å²) in [5.74, 6) is 0.733. The first-order valence-electron chi connectivity index (χ1n) is 8.34. The number of aromatic nitrogens is 2. The lowest BCUT2D eigenvalue weighted by atomic mass is 10.1. The fourth-order valence-electron chi connectivity index (χ4n) is 2.55. The van der Waals surface area contributed by atoms with E-state index in [1.54, 1.807) is 19.1 Å². The van der Waals surface area contributed by atoms with Crippen LogP contribution in [0, 0.1) is 6.92 Å². The maximum atomic E-state index is 12.1. The molecule has 3 rings (SSSR count). The number of nitrogens with zero attached hydrogens (tertiary/aromatic N) is 1. The van der Waals surface area contributed by atoms with Gasteiger partial charge in [-0.3, -0.25) is 9.59 Å². The van der Waals surface area contributed by atoms with Crippen LogP contribution in [-0.2, 0) is 11.2 Å². The van der Waals surface area contributed by atoms with Crippen LogP contribution in [-0.4, -0.2) is 21.0 Å². The SMILES string of the molecule is Cc1nc(C=Cc2cccc(Oc3ccccc3)c2)[nH]c(=O)c1CC(=O)O. The number of carbonyl (C=O) groups is 1. The molecular weight excluding hydrogens is 344 g/mol. The molecule has 0 atom stereocenters. The summed E-state index contributed by atoms with van der Waals surface area (Å²) < 4.78 is 5.80. The Morgan fingerprint density at radius 1 is 1.11 bits per heavy atom. The molecule has 0 saturated heterocycles. The maximum Gasteiger partial charge on any atom is 0.308 e. The van der Waals surface area contributed by atoms with Crippen LogP contribution in [0.3, 0.4) is 0 Å². The fraction of sp³-hybridized carbons (Fsp3) is 0.0952. The molecule has 0 spiro atoms. The van der Waals surface area contributed by atoms with Crippen LogP contribution in [0.15, 0.2) is 59.4 Å². The van der Waals surface area contributed by atoms with Gasteiger partial charge in [0.1, 0.15) is 17.3 Å². The molecule has 0 amide bonds. The molecule has 0 fully saturated rings. The Bertz CT molecular complexity index is 1040. The van der Waals surface area contributed by atoms with Gasteiger partial charge in [0.05, 0.1) is 6.42 Å². The fourth-order valence-corrected chi connectivity index (χ4v) is 2.55. The summed E-state index contributed by atoms with van der Waals surface area (Å²) in [6, 6.07) is 17.0. The molecule has 1 aromatic heterocycles. The number of aliphatic carboxylic acids is 1. The number of H-pyrrole nitrogens is 1. The summed E-state index contributed by atoms with van der Waals surface area (Å²) in [4.78, 5) is 29.7. The van der Waals surface area contributed by atoms with E-state index in [4.69, 9.17) is 9.84 Å². The van der Waals surface area contributed by atoms with Crippen molar-refractivity contribution in [1.29, 1.82) is 0 Å². The molecule has 136 valence electrons. The van der Waals surface area contributed by atoms with E-state index in [1.807, 2.05) is 54.6 Å². The van der Waals surface area contributed by atoms with Crippen molar-refractivity contribution >= 4 is 18.1 Å². The number of carboxylic acids is 1. The molecule has 0 saturated carbocycles. The average Bonchev–Trinajstić information content (AvgIpc) is 2.64. The third-order valence-electron chi connectivity index (χ3n) is 3.84. The van der Waals surface area contributed by atoms with E-state index in [2.05, 4.69) is 9.97 Å². The van der Waals surface area contributed by atoms with E-state index in [0.717, 1.165) is 11.3 Å². The van der Waals surface area contributed by atoms with Crippen LogP contribution in [0.4, 0.5) is 0 Å². The Morgan fingerprint density at radius 2 is 1.85 bits per heavy atom.